The van der Waals surface area contributed by atoms with Crippen molar-refractivity contribution in [1.82, 2.24) is 0 Å². The van der Waals surface area contributed by atoms with Crippen LogP contribution in [-0.4, -0.2) is 37.5 Å². The largest absolute Gasteiger partial charge is 0.493 e. The predicted molar refractivity (Wildman–Crippen MR) is 106 cm³/mol. The fourth-order valence-electron chi connectivity index (χ4n) is 2.71. The lowest BCUT2D eigenvalue weighted by Gasteiger charge is -2.11. The summed E-state index contributed by atoms with van der Waals surface area (Å²) in [4.78, 5) is 35.3. The van der Waals surface area contributed by atoms with E-state index >= 15 is 0 Å². The van der Waals surface area contributed by atoms with E-state index < -0.39 is 29.0 Å². The summed E-state index contributed by atoms with van der Waals surface area (Å²) in [6.07, 6.45) is 0.981. The first-order valence-electron chi connectivity index (χ1n) is 9.03. The molecule has 8 heteroatoms. The van der Waals surface area contributed by atoms with E-state index in [0.29, 0.717) is 11.5 Å². The number of ether oxygens (including phenoxy) is 3. The van der Waals surface area contributed by atoms with Gasteiger partial charge in [0.1, 0.15) is 5.56 Å². The van der Waals surface area contributed by atoms with Crippen LogP contribution in [0.25, 0.3) is 0 Å². The summed E-state index contributed by atoms with van der Waals surface area (Å²) in [5, 5.41) is 11.3. The van der Waals surface area contributed by atoms with Crippen molar-refractivity contribution in [2.75, 3.05) is 20.8 Å². The van der Waals surface area contributed by atoms with Gasteiger partial charge in [0.15, 0.2) is 23.9 Å². The summed E-state index contributed by atoms with van der Waals surface area (Å²) in [5.41, 5.74) is 0.680. The van der Waals surface area contributed by atoms with Crippen molar-refractivity contribution in [3.8, 4) is 11.5 Å². The molecule has 2 rings (SSSR count). The lowest BCUT2D eigenvalue weighted by atomic mass is 9.97. The van der Waals surface area contributed by atoms with Crippen molar-refractivity contribution < 1.29 is 28.7 Å². The highest BCUT2D eigenvalue weighted by Gasteiger charge is 2.26. The molecule has 0 spiro atoms. The molecule has 2 aromatic rings. The van der Waals surface area contributed by atoms with Crippen molar-refractivity contribution in [3.63, 3.8) is 0 Å². The minimum atomic E-state index is -0.998. The van der Waals surface area contributed by atoms with Crippen LogP contribution in [0.2, 0.25) is 0 Å². The number of Topliss-reactive ketones (excluding diaryl/α,β-unsaturated/α-hetero) is 1. The van der Waals surface area contributed by atoms with Crippen LogP contribution in [0.15, 0.2) is 36.4 Å². The third-order valence-electron chi connectivity index (χ3n) is 4.67. The Labute approximate surface area is 168 Å². The molecule has 0 bridgehead atoms. The molecule has 2 aromatic carbocycles. The second-order valence-electron chi connectivity index (χ2n) is 6.41. The van der Waals surface area contributed by atoms with Crippen molar-refractivity contribution in [1.29, 1.82) is 0 Å². The van der Waals surface area contributed by atoms with Crippen LogP contribution >= 0.6 is 0 Å². The molecule has 0 radical (unpaired) electrons. The number of carbonyl (C=O) groups excluding carboxylic acids is 2. The summed E-state index contributed by atoms with van der Waals surface area (Å²) in [7, 11) is 2.66. The molecule has 8 nitrogen and oxygen atoms in total. The lowest BCUT2D eigenvalue weighted by molar-refractivity contribution is -0.385. The smallest absolute Gasteiger partial charge is 0.345 e. The van der Waals surface area contributed by atoms with Gasteiger partial charge >= 0.3 is 5.97 Å². The number of hydrogen-bond acceptors (Lipinski definition) is 7. The number of nitro benzene ring substituents is 1. The van der Waals surface area contributed by atoms with Crippen molar-refractivity contribution in [2.45, 2.75) is 26.2 Å². The van der Waals surface area contributed by atoms with Gasteiger partial charge in [-0.3, -0.25) is 14.9 Å². The number of ketones is 1. The third kappa shape index (κ3) is 5.10. The van der Waals surface area contributed by atoms with Crippen LogP contribution in [0.5, 0.6) is 11.5 Å². The molecule has 0 N–H and O–H groups in total. The Morgan fingerprint density at radius 3 is 2.17 bits per heavy atom. The molecule has 0 aromatic heterocycles. The van der Waals surface area contributed by atoms with Gasteiger partial charge in [-0.1, -0.05) is 38.1 Å². The van der Waals surface area contributed by atoms with Gasteiger partial charge in [0.25, 0.3) is 5.69 Å². The summed E-state index contributed by atoms with van der Waals surface area (Å²) >= 11 is 0. The quantitative estimate of drug-likeness (QED) is 0.269. The average molecular weight is 401 g/mol. The number of rotatable bonds is 9. The topological polar surface area (TPSA) is 105 Å². The molecule has 0 aliphatic rings. The van der Waals surface area contributed by atoms with E-state index in [0.717, 1.165) is 24.1 Å². The average Bonchev–Trinajstić information content (AvgIpc) is 2.75. The van der Waals surface area contributed by atoms with Crippen molar-refractivity contribution in [2.24, 2.45) is 0 Å². The van der Waals surface area contributed by atoms with Gasteiger partial charge in [0.2, 0.25) is 0 Å². The number of hydrogen-bond donors (Lipinski definition) is 0. The Bertz CT molecular complexity index is 906. The molecular formula is C21H23NO7. The van der Waals surface area contributed by atoms with E-state index in [4.69, 9.17) is 14.2 Å². The maximum atomic E-state index is 12.4. The maximum Gasteiger partial charge on any atom is 0.345 e. The SMILES string of the molecule is CC[C@@H](C)c1ccc(C(=O)COC(=O)c2cc(OC)c(OC)cc2[N+](=O)[O-])cc1. The van der Waals surface area contributed by atoms with E-state index in [2.05, 4.69) is 13.8 Å². The highest BCUT2D eigenvalue weighted by atomic mass is 16.6. The minimum Gasteiger partial charge on any atom is -0.493 e. The molecule has 0 amide bonds. The maximum absolute atomic E-state index is 12.4. The van der Waals surface area contributed by atoms with Gasteiger partial charge in [-0.2, -0.15) is 0 Å². The Hall–Kier alpha value is -3.42. The first-order valence-corrected chi connectivity index (χ1v) is 9.03. The lowest BCUT2D eigenvalue weighted by Crippen LogP contribution is -2.15. The van der Waals surface area contributed by atoms with Gasteiger partial charge in [0, 0.05) is 11.6 Å². The van der Waals surface area contributed by atoms with Gasteiger partial charge in [-0.05, 0) is 17.9 Å². The molecule has 1 atom stereocenters. The predicted octanol–water partition coefficient (Wildman–Crippen LogP) is 4.17. The first kappa shape index (κ1) is 21.9. The zero-order chi connectivity index (χ0) is 21.6. The van der Waals surface area contributed by atoms with Crippen LogP contribution < -0.4 is 9.47 Å². The summed E-state index contributed by atoms with van der Waals surface area (Å²) in [5.74, 6) is -0.785. The second kappa shape index (κ2) is 9.68. The second-order valence-corrected chi connectivity index (χ2v) is 6.41. The number of methoxy groups -OCH3 is 2. The number of nitrogens with zero attached hydrogens (tertiary/aromatic N) is 1. The minimum absolute atomic E-state index is 0.105. The monoisotopic (exact) mass is 401 g/mol. The van der Waals surface area contributed by atoms with Gasteiger partial charge in [-0.25, -0.2) is 4.79 Å². The normalized spacial score (nSPS) is 11.4. The number of carbonyl (C=O) groups is 2. The van der Waals surface area contributed by atoms with E-state index in [1.54, 1.807) is 12.1 Å². The molecule has 0 unspecified atom stereocenters. The van der Waals surface area contributed by atoms with Gasteiger partial charge < -0.3 is 14.2 Å². The van der Waals surface area contributed by atoms with Gasteiger partial charge in [0.05, 0.1) is 25.2 Å². The van der Waals surface area contributed by atoms with E-state index in [1.165, 1.54) is 14.2 Å². The molecule has 154 valence electrons. The van der Waals surface area contributed by atoms with Crippen LogP contribution in [0, 0.1) is 10.1 Å². The molecule has 0 aliphatic heterocycles. The zero-order valence-corrected chi connectivity index (χ0v) is 16.8. The highest BCUT2D eigenvalue weighted by molar-refractivity contribution is 6.00. The van der Waals surface area contributed by atoms with Crippen LogP contribution in [0.1, 0.15) is 52.5 Å². The molecule has 29 heavy (non-hydrogen) atoms. The van der Waals surface area contributed by atoms with E-state index in [-0.39, 0.29) is 17.1 Å². The molecule has 0 saturated heterocycles. The highest BCUT2D eigenvalue weighted by Crippen LogP contribution is 2.34. The Kier molecular flexibility index (Phi) is 7.30. The summed E-state index contributed by atoms with van der Waals surface area (Å²) in [6.45, 7) is 3.64. The van der Waals surface area contributed by atoms with Crippen LogP contribution in [-0.2, 0) is 4.74 Å². The van der Waals surface area contributed by atoms with E-state index in [9.17, 15) is 19.7 Å². The van der Waals surface area contributed by atoms with Crippen LogP contribution in [0.3, 0.4) is 0 Å². The van der Waals surface area contributed by atoms with Crippen molar-refractivity contribution in [3.05, 3.63) is 63.2 Å². The molecule has 0 saturated carbocycles. The fraction of sp³-hybridized carbons (Fsp3) is 0.333. The Morgan fingerprint density at radius 2 is 1.66 bits per heavy atom. The third-order valence-corrected chi connectivity index (χ3v) is 4.67. The van der Waals surface area contributed by atoms with Gasteiger partial charge in [-0.15, -0.1) is 0 Å². The molecule has 0 heterocycles. The summed E-state index contributed by atoms with van der Waals surface area (Å²) in [6, 6.07) is 9.31. The van der Waals surface area contributed by atoms with Crippen molar-refractivity contribution >= 4 is 17.4 Å². The number of esters is 1. The Morgan fingerprint density at radius 1 is 1.07 bits per heavy atom. The van der Waals surface area contributed by atoms with Crippen LogP contribution in [0.4, 0.5) is 5.69 Å². The Balaban J connectivity index is 2.16. The zero-order valence-electron chi connectivity index (χ0n) is 16.8. The molecule has 0 aliphatic carbocycles. The molecular weight excluding hydrogens is 378 g/mol. The number of benzene rings is 2. The van der Waals surface area contributed by atoms with E-state index in [1.807, 2.05) is 12.1 Å². The fourth-order valence-corrected chi connectivity index (χ4v) is 2.71. The first-order chi connectivity index (χ1) is 13.8. The standard InChI is InChI=1S/C21H23NO7/c1-5-13(2)14-6-8-15(9-7-14)18(23)12-29-21(24)16-10-19(27-3)20(28-4)11-17(16)22(25)26/h6-11,13H,5,12H2,1-4H3/t13-/m1/s1. The summed E-state index contributed by atoms with van der Waals surface area (Å²) < 4.78 is 15.1. The number of nitro groups is 1. The molecule has 0 fully saturated rings.